The molecular formula is C14H20F2N2O3S. The molecule has 22 heavy (non-hydrogen) atoms. The predicted molar refractivity (Wildman–Crippen MR) is 78.7 cm³/mol. The zero-order valence-electron chi connectivity index (χ0n) is 12.6. The normalized spacial score (nSPS) is 11.5. The lowest BCUT2D eigenvalue weighted by atomic mass is 10.3. The minimum atomic E-state index is -4.13. The third-order valence-corrected chi connectivity index (χ3v) is 4.66. The lowest BCUT2D eigenvalue weighted by Crippen LogP contribution is -2.31. The smallest absolute Gasteiger partial charge is 0.243 e. The Balaban J connectivity index is 2.57. The lowest BCUT2D eigenvalue weighted by Gasteiger charge is -2.18. The number of hydrogen-bond donors (Lipinski definition) is 1. The molecule has 0 aliphatic carbocycles. The third kappa shape index (κ3) is 4.74. The molecule has 1 aromatic rings. The summed E-state index contributed by atoms with van der Waals surface area (Å²) in [5.74, 6) is -2.70. The minimum Gasteiger partial charge on any atom is -0.343 e. The van der Waals surface area contributed by atoms with Gasteiger partial charge in [0, 0.05) is 26.1 Å². The van der Waals surface area contributed by atoms with Gasteiger partial charge in [-0.2, -0.15) is 0 Å². The number of hydrogen-bond acceptors (Lipinski definition) is 3. The van der Waals surface area contributed by atoms with E-state index in [1.54, 1.807) is 4.90 Å². The van der Waals surface area contributed by atoms with Crippen molar-refractivity contribution in [3.8, 4) is 0 Å². The second-order valence-corrected chi connectivity index (χ2v) is 6.35. The van der Waals surface area contributed by atoms with Crippen molar-refractivity contribution < 1.29 is 22.0 Å². The average molecular weight is 334 g/mol. The first-order valence-electron chi connectivity index (χ1n) is 7.05. The molecule has 1 amide bonds. The van der Waals surface area contributed by atoms with Crippen molar-refractivity contribution in [3.05, 3.63) is 29.8 Å². The first kappa shape index (κ1) is 18.5. The number of halogens is 2. The Kier molecular flexibility index (Phi) is 6.89. The molecule has 8 heteroatoms. The Bertz CT molecular complexity index is 617. The Labute approximate surface area is 129 Å². The van der Waals surface area contributed by atoms with Gasteiger partial charge in [-0.25, -0.2) is 21.9 Å². The monoisotopic (exact) mass is 334 g/mol. The van der Waals surface area contributed by atoms with Crippen LogP contribution < -0.4 is 4.72 Å². The number of carbonyl (C=O) groups excluding carboxylic acids is 1. The van der Waals surface area contributed by atoms with E-state index in [1.165, 1.54) is 0 Å². The highest BCUT2D eigenvalue weighted by Gasteiger charge is 2.21. The number of nitrogens with zero attached hydrogens (tertiary/aromatic N) is 1. The average Bonchev–Trinajstić information content (AvgIpc) is 2.47. The van der Waals surface area contributed by atoms with Crippen LogP contribution in [0.5, 0.6) is 0 Å². The highest BCUT2D eigenvalue weighted by molar-refractivity contribution is 7.89. The fraction of sp³-hybridized carbons (Fsp3) is 0.500. The number of nitrogens with one attached hydrogen (secondary N) is 1. The Morgan fingerprint density at radius 3 is 2.45 bits per heavy atom. The van der Waals surface area contributed by atoms with E-state index >= 15 is 0 Å². The van der Waals surface area contributed by atoms with E-state index in [4.69, 9.17) is 0 Å². The van der Waals surface area contributed by atoms with Crippen molar-refractivity contribution in [2.45, 2.75) is 31.6 Å². The number of sulfonamides is 1. The van der Waals surface area contributed by atoms with Crippen LogP contribution in [0.3, 0.4) is 0 Å². The van der Waals surface area contributed by atoms with E-state index < -0.39 is 26.6 Å². The Morgan fingerprint density at radius 1 is 1.23 bits per heavy atom. The topological polar surface area (TPSA) is 66.5 Å². The van der Waals surface area contributed by atoms with Crippen LogP contribution in [-0.2, 0) is 14.8 Å². The molecule has 0 spiro atoms. The molecule has 0 radical (unpaired) electrons. The van der Waals surface area contributed by atoms with Gasteiger partial charge in [-0.15, -0.1) is 0 Å². The summed E-state index contributed by atoms with van der Waals surface area (Å²) in [5, 5.41) is 0. The Hall–Kier alpha value is -1.54. The fourth-order valence-electron chi connectivity index (χ4n) is 1.95. The molecule has 0 aromatic heterocycles. The van der Waals surface area contributed by atoms with Gasteiger partial charge in [0.1, 0.15) is 4.90 Å². The standard InChI is InChI=1S/C14H20F2N2O3S/c1-3-18(4-2)13(19)9-6-10-17-22(20,21)12-8-5-7-11(15)14(12)16/h5,7-8,17H,3-4,6,9-10H2,1-2H3. The summed E-state index contributed by atoms with van der Waals surface area (Å²) in [6.45, 7) is 4.88. The highest BCUT2D eigenvalue weighted by Crippen LogP contribution is 2.16. The molecular weight excluding hydrogens is 314 g/mol. The van der Waals surface area contributed by atoms with Crippen molar-refractivity contribution in [2.24, 2.45) is 0 Å². The number of carbonyl (C=O) groups is 1. The largest absolute Gasteiger partial charge is 0.343 e. The van der Waals surface area contributed by atoms with Crippen LogP contribution in [0, 0.1) is 11.6 Å². The van der Waals surface area contributed by atoms with E-state index in [0.29, 0.717) is 13.1 Å². The maximum Gasteiger partial charge on any atom is 0.243 e. The zero-order chi connectivity index (χ0) is 16.8. The van der Waals surface area contributed by atoms with E-state index in [9.17, 15) is 22.0 Å². The van der Waals surface area contributed by atoms with Gasteiger partial charge in [-0.05, 0) is 32.4 Å². The number of benzene rings is 1. The van der Waals surface area contributed by atoms with Crippen LogP contribution in [0.15, 0.2) is 23.1 Å². The molecule has 0 unspecified atom stereocenters. The number of amides is 1. The quantitative estimate of drug-likeness (QED) is 0.738. The van der Waals surface area contributed by atoms with Gasteiger partial charge in [0.25, 0.3) is 0 Å². The maximum absolute atomic E-state index is 13.5. The molecule has 0 fully saturated rings. The molecule has 0 aliphatic rings. The van der Waals surface area contributed by atoms with Crippen molar-refractivity contribution >= 4 is 15.9 Å². The predicted octanol–water partition coefficient (Wildman–Crippen LogP) is 1.89. The second kappa shape index (κ2) is 8.19. The molecule has 0 bridgehead atoms. The molecule has 0 saturated heterocycles. The van der Waals surface area contributed by atoms with Gasteiger partial charge in [0.05, 0.1) is 0 Å². The first-order valence-corrected chi connectivity index (χ1v) is 8.53. The first-order chi connectivity index (χ1) is 10.3. The van der Waals surface area contributed by atoms with Crippen molar-refractivity contribution in [1.82, 2.24) is 9.62 Å². The summed E-state index contributed by atoms with van der Waals surface area (Å²) in [6.07, 6.45) is 0.474. The summed E-state index contributed by atoms with van der Waals surface area (Å²) in [5.41, 5.74) is 0. The van der Waals surface area contributed by atoms with Crippen LogP contribution in [0.1, 0.15) is 26.7 Å². The molecule has 124 valence electrons. The maximum atomic E-state index is 13.5. The molecule has 0 heterocycles. The van der Waals surface area contributed by atoms with E-state index in [2.05, 4.69) is 4.72 Å². The van der Waals surface area contributed by atoms with Crippen LogP contribution in [0.4, 0.5) is 8.78 Å². The minimum absolute atomic E-state index is 0.0225. The SMILES string of the molecule is CCN(CC)C(=O)CCCNS(=O)(=O)c1cccc(F)c1F. The van der Waals surface area contributed by atoms with E-state index in [-0.39, 0.29) is 25.3 Å². The van der Waals surface area contributed by atoms with Gasteiger partial charge < -0.3 is 4.90 Å². The van der Waals surface area contributed by atoms with Gasteiger partial charge in [-0.1, -0.05) is 6.07 Å². The molecule has 5 nitrogen and oxygen atoms in total. The molecule has 1 aromatic carbocycles. The zero-order valence-corrected chi connectivity index (χ0v) is 13.4. The van der Waals surface area contributed by atoms with Gasteiger partial charge >= 0.3 is 0 Å². The van der Waals surface area contributed by atoms with Crippen molar-refractivity contribution in [3.63, 3.8) is 0 Å². The van der Waals surface area contributed by atoms with Crippen molar-refractivity contribution in [2.75, 3.05) is 19.6 Å². The molecule has 0 atom stereocenters. The molecule has 0 saturated carbocycles. The summed E-state index contributed by atoms with van der Waals surface area (Å²) >= 11 is 0. The highest BCUT2D eigenvalue weighted by atomic mass is 32.2. The lowest BCUT2D eigenvalue weighted by molar-refractivity contribution is -0.130. The van der Waals surface area contributed by atoms with Gasteiger partial charge in [0.2, 0.25) is 15.9 Å². The summed E-state index contributed by atoms with van der Waals surface area (Å²) in [6, 6.07) is 2.95. The third-order valence-electron chi connectivity index (χ3n) is 3.18. The van der Waals surface area contributed by atoms with Crippen LogP contribution in [0.2, 0.25) is 0 Å². The molecule has 1 N–H and O–H groups in total. The molecule has 0 aliphatic heterocycles. The van der Waals surface area contributed by atoms with Gasteiger partial charge in [-0.3, -0.25) is 4.79 Å². The molecule has 1 rings (SSSR count). The summed E-state index contributed by atoms with van der Waals surface area (Å²) < 4.78 is 52.5. The van der Waals surface area contributed by atoms with Crippen LogP contribution in [-0.4, -0.2) is 38.9 Å². The summed E-state index contributed by atoms with van der Waals surface area (Å²) in [7, 11) is -4.13. The number of rotatable bonds is 8. The van der Waals surface area contributed by atoms with E-state index in [1.807, 2.05) is 13.8 Å². The van der Waals surface area contributed by atoms with Crippen LogP contribution in [0.25, 0.3) is 0 Å². The van der Waals surface area contributed by atoms with Gasteiger partial charge in [0.15, 0.2) is 11.6 Å². The summed E-state index contributed by atoms with van der Waals surface area (Å²) in [4.78, 5) is 12.6. The van der Waals surface area contributed by atoms with E-state index in [0.717, 1.165) is 18.2 Å². The fourth-order valence-corrected chi connectivity index (χ4v) is 3.11. The van der Waals surface area contributed by atoms with Crippen molar-refractivity contribution in [1.29, 1.82) is 0 Å². The Morgan fingerprint density at radius 2 is 1.86 bits per heavy atom. The second-order valence-electron chi connectivity index (χ2n) is 4.62. The van der Waals surface area contributed by atoms with Crippen LogP contribution >= 0.6 is 0 Å².